The van der Waals surface area contributed by atoms with Crippen molar-refractivity contribution in [2.45, 2.75) is 13.3 Å². The summed E-state index contributed by atoms with van der Waals surface area (Å²) in [5.74, 6) is -1.28. The van der Waals surface area contributed by atoms with Crippen molar-refractivity contribution in [2.75, 3.05) is 13.1 Å². The SMILES string of the molecule is CCN(CCC(=O)O)C(=O)c1ccn(C)c(=O)c1. The smallest absolute Gasteiger partial charge is 0.305 e. The Kier molecular flexibility index (Phi) is 4.65. The van der Waals surface area contributed by atoms with Crippen LogP contribution in [0.5, 0.6) is 0 Å². The van der Waals surface area contributed by atoms with Gasteiger partial charge in [-0.3, -0.25) is 14.4 Å². The third kappa shape index (κ3) is 3.44. The lowest BCUT2D eigenvalue weighted by atomic mass is 10.2. The minimum atomic E-state index is -0.953. The summed E-state index contributed by atoms with van der Waals surface area (Å²) in [5.41, 5.74) is 0.0143. The number of carboxylic acid groups (broad SMARTS) is 1. The molecule has 0 unspecified atom stereocenters. The maximum absolute atomic E-state index is 12.0. The third-order valence-electron chi connectivity index (χ3n) is 2.62. The molecule has 0 saturated carbocycles. The van der Waals surface area contributed by atoms with Crippen LogP contribution in [0, 0.1) is 0 Å². The van der Waals surface area contributed by atoms with Crippen molar-refractivity contribution in [1.29, 1.82) is 0 Å². The Labute approximate surface area is 104 Å². The number of carboxylic acids is 1. The minimum Gasteiger partial charge on any atom is -0.481 e. The molecule has 1 rings (SSSR count). The zero-order valence-corrected chi connectivity index (χ0v) is 10.4. The largest absolute Gasteiger partial charge is 0.481 e. The van der Waals surface area contributed by atoms with Crippen molar-refractivity contribution in [3.05, 3.63) is 34.2 Å². The molecular weight excluding hydrogens is 236 g/mol. The second-order valence-electron chi connectivity index (χ2n) is 3.89. The monoisotopic (exact) mass is 252 g/mol. The van der Waals surface area contributed by atoms with Crippen molar-refractivity contribution in [3.8, 4) is 0 Å². The summed E-state index contributed by atoms with van der Waals surface area (Å²) in [5, 5.41) is 8.60. The molecule has 0 radical (unpaired) electrons. The number of rotatable bonds is 5. The highest BCUT2D eigenvalue weighted by Gasteiger charge is 2.15. The molecule has 0 aliphatic heterocycles. The molecule has 98 valence electrons. The van der Waals surface area contributed by atoms with E-state index in [0.29, 0.717) is 6.54 Å². The van der Waals surface area contributed by atoms with Crippen LogP contribution in [-0.4, -0.2) is 39.5 Å². The molecule has 0 saturated heterocycles. The van der Waals surface area contributed by atoms with Crippen molar-refractivity contribution < 1.29 is 14.7 Å². The van der Waals surface area contributed by atoms with Gasteiger partial charge in [0.2, 0.25) is 0 Å². The van der Waals surface area contributed by atoms with E-state index in [2.05, 4.69) is 0 Å². The predicted octanol–water partition coefficient (Wildman–Crippen LogP) is 0.322. The maximum Gasteiger partial charge on any atom is 0.305 e. The number of carbonyl (C=O) groups excluding carboxylic acids is 1. The average Bonchev–Trinajstić information content (AvgIpc) is 2.32. The van der Waals surface area contributed by atoms with E-state index in [-0.39, 0.29) is 30.0 Å². The first kappa shape index (κ1) is 14.0. The number of carbonyl (C=O) groups is 2. The maximum atomic E-state index is 12.0. The van der Waals surface area contributed by atoms with Gasteiger partial charge in [-0.1, -0.05) is 0 Å². The molecule has 0 bridgehead atoms. The highest BCUT2D eigenvalue weighted by atomic mass is 16.4. The van der Waals surface area contributed by atoms with Crippen LogP contribution in [0.15, 0.2) is 23.1 Å². The first-order valence-corrected chi connectivity index (χ1v) is 5.63. The van der Waals surface area contributed by atoms with Gasteiger partial charge >= 0.3 is 5.97 Å². The van der Waals surface area contributed by atoms with Gasteiger partial charge in [-0.05, 0) is 13.0 Å². The number of aryl methyl sites for hydroxylation is 1. The van der Waals surface area contributed by atoms with E-state index in [1.807, 2.05) is 0 Å². The van der Waals surface area contributed by atoms with E-state index in [4.69, 9.17) is 5.11 Å². The number of aliphatic carboxylic acids is 1. The number of amides is 1. The molecule has 0 aliphatic carbocycles. The van der Waals surface area contributed by atoms with Crippen LogP contribution >= 0.6 is 0 Å². The Morgan fingerprint density at radius 3 is 2.61 bits per heavy atom. The molecule has 0 spiro atoms. The van der Waals surface area contributed by atoms with Crippen LogP contribution in [0.4, 0.5) is 0 Å². The van der Waals surface area contributed by atoms with Crippen LogP contribution < -0.4 is 5.56 Å². The number of aromatic nitrogens is 1. The summed E-state index contributed by atoms with van der Waals surface area (Å²) in [7, 11) is 1.60. The van der Waals surface area contributed by atoms with Gasteiger partial charge in [0.15, 0.2) is 0 Å². The van der Waals surface area contributed by atoms with E-state index < -0.39 is 5.97 Å². The molecule has 0 aromatic carbocycles. The van der Waals surface area contributed by atoms with E-state index >= 15 is 0 Å². The predicted molar refractivity (Wildman–Crippen MR) is 65.5 cm³/mol. The number of pyridine rings is 1. The molecule has 1 aromatic rings. The number of hydrogen-bond acceptors (Lipinski definition) is 3. The van der Waals surface area contributed by atoms with Gasteiger partial charge in [-0.15, -0.1) is 0 Å². The lowest BCUT2D eigenvalue weighted by Gasteiger charge is -2.19. The molecule has 1 amide bonds. The Bertz CT molecular complexity index is 507. The third-order valence-corrected chi connectivity index (χ3v) is 2.62. The highest BCUT2D eigenvalue weighted by Crippen LogP contribution is 2.03. The van der Waals surface area contributed by atoms with Crippen molar-refractivity contribution in [1.82, 2.24) is 9.47 Å². The summed E-state index contributed by atoms with van der Waals surface area (Å²) in [4.78, 5) is 35.3. The van der Waals surface area contributed by atoms with E-state index in [1.165, 1.54) is 21.7 Å². The molecule has 1 aromatic heterocycles. The van der Waals surface area contributed by atoms with Crippen molar-refractivity contribution in [3.63, 3.8) is 0 Å². The second kappa shape index (κ2) is 6.00. The van der Waals surface area contributed by atoms with Gasteiger partial charge in [0.25, 0.3) is 11.5 Å². The van der Waals surface area contributed by atoms with E-state index in [1.54, 1.807) is 20.0 Å². The normalized spacial score (nSPS) is 10.1. The van der Waals surface area contributed by atoms with Crippen molar-refractivity contribution >= 4 is 11.9 Å². The Morgan fingerprint density at radius 2 is 2.11 bits per heavy atom. The van der Waals surface area contributed by atoms with Crippen molar-refractivity contribution in [2.24, 2.45) is 7.05 Å². The fourth-order valence-electron chi connectivity index (χ4n) is 1.50. The van der Waals surface area contributed by atoms with Crippen LogP contribution in [-0.2, 0) is 11.8 Å². The molecule has 1 N–H and O–H groups in total. The van der Waals surface area contributed by atoms with Crippen LogP contribution in [0.3, 0.4) is 0 Å². The Hall–Kier alpha value is -2.11. The topological polar surface area (TPSA) is 79.6 Å². The van der Waals surface area contributed by atoms with Gasteiger partial charge < -0.3 is 14.6 Å². The summed E-state index contributed by atoms with van der Waals surface area (Å²) >= 11 is 0. The van der Waals surface area contributed by atoms with Gasteiger partial charge in [0, 0.05) is 38.0 Å². The van der Waals surface area contributed by atoms with Gasteiger partial charge in [0.1, 0.15) is 0 Å². The Balaban J connectivity index is 2.86. The summed E-state index contributed by atoms with van der Waals surface area (Å²) in [6, 6.07) is 2.80. The quantitative estimate of drug-likeness (QED) is 0.818. The number of nitrogens with zero attached hydrogens (tertiary/aromatic N) is 2. The molecule has 18 heavy (non-hydrogen) atoms. The summed E-state index contributed by atoms with van der Waals surface area (Å²) in [6.45, 7) is 2.31. The summed E-state index contributed by atoms with van der Waals surface area (Å²) in [6.07, 6.45) is 1.41. The standard InChI is InChI=1S/C12H16N2O4/c1-3-14(7-5-11(16)17)12(18)9-4-6-13(2)10(15)8-9/h4,6,8H,3,5,7H2,1-2H3,(H,16,17). The molecule has 0 fully saturated rings. The lowest BCUT2D eigenvalue weighted by Crippen LogP contribution is -2.33. The van der Waals surface area contributed by atoms with Gasteiger partial charge in [0.05, 0.1) is 6.42 Å². The van der Waals surface area contributed by atoms with Crippen LogP contribution in [0.2, 0.25) is 0 Å². The second-order valence-corrected chi connectivity index (χ2v) is 3.89. The van der Waals surface area contributed by atoms with E-state index in [0.717, 1.165) is 0 Å². The average molecular weight is 252 g/mol. The van der Waals surface area contributed by atoms with Gasteiger partial charge in [-0.2, -0.15) is 0 Å². The fourth-order valence-corrected chi connectivity index (χ4v) is 1.50. The number of hydrogen-bond donors (Lipinski definition) is 1. The highest BCUT2D eigenvalue weighted by molar-refractivity contribution is 5.94. The molecule has 6 heteroatoms. The first-order chi connectivity index (χ1) is 8.45. The molecule has 6 nitrogen and oxygen atoms in total. The van der Waals surface area contributed by atoms with Crippen LogP contribution in [0.1, 0.15) is 23.7 Å². The van der Waals surface area contributed by atoms with Gasteiger partial charge in [-0.25, -0.2) is 0 Å². The Morgan fingerprint density at radius 1 is 1.44 bits per heavy atom. The molecule has 0 atom stereocenters. The van der Waals surface area contributed by atoms with E-state index in [9.17, 15) is 14.4 Å². The lowest BCUT2D eigenvalue weighted by molar-refractivity contribution is -0.137. The summed E-state index contributed by atoms with van der Waals surface area (Å²) < 4.78 is 1.37. The first-order valence-electron chi connectivity index (χ1n) is 5.63. The molecular formula is C12H16N2O4. The minimum absolute atomic E-state index is 0.107. The fraction of sp³-hybridized carbons (Fsp3) is 0.417. The zero-order chi connectivity index (χ0) is 13.7. The molecule has 1 heterocycles. The van der Waals surface area contributed by atoms with Crippen LogP contribution in [0.25, 0.3) is 0 Å². The molecule has 0 aliphatic rings. The zero-order valence-electron chi connectivity index (χ0n) is 10.4.